The second-order valence-electron chi connectivity index (χ2n) is 3.15. The molecule has 0 saturated heterocycles. The van der Waals surface area contributed by atoms with Gasteiger partial charge < -0.3 is 10.1 Å². The van der Waals surface area contributed by atoms with Crippen molar-refractivity contribution in [3.05, 3.63) is 0 Å². The van der Waals surface area contributed by atoms with Crippen LogP contribution in [0.1, 0.15) is 19.3 Å². The summed E-state index contributed by atoms with van der Waals surface area (Å²) in [6, 6.07) is 0. The number of ether oxygens (including phenoxy) is 1. The third-order valence-electron chi connectivity index (χ3n) is 2.43. The van der Waals surface area contributed by atoms with Crippen molar-refractivity contribution in [2.75, 3.05) is 19.0 Å². The van der Waals surface area contributed by atoms with Crippen molar-refractivity contribution >= 4 is 21.8 Å². The van der Waals surface area contributed by atoms with E-state index in [0.717, 1.165) is 12.8 Å². The molecule has 1 aliphatic rings. The summed E-state index contributed by atoms with van der Waals surface area (Å²) in [4.78, 5) is 10.9. The normalized spacial score (nSPS) is 19.8. The van der Waals surface area contributed by atoms with Crippen LogP contribution in [0.5, 0.6) is 0 Å². The Morgan fingerprint density at radius 3 is 2.67 bits per heavy atom. The molecule has 1 N–H and O–H groups in total. The van der Waals surface area contributed by atoms with Gasteiger partial charge in [0.15, 0.2) is 0 Å². The number of amides is 1. The van der Waals surface area contributed by atoms with E-state index in [0.29, 0.717) is 11.9 Å². The zero-order chi connectivity index (χ0) is 9.03. The molecule has 1 amide bonds. The minimum Gasteiger partial charge on any atom is -0.376 e. The molecule has 0 aliphatic heterocycles. The molecule has 0 atom stereocenters. The van der Waals surface area contributed by atoms with Crippen LogP contribution in [-0.4, -0.2) is 30.5 Å². The molecule has 1 rings (SSSR count). The molecule has 0 aromatic rings. The average Bonchev–Trinajstić information content (AvgIpc) is 2.03. The predicted molar refractivity (Wildman–Crippen MR) is 50.4 cm³/mol. The highest BCUT2D eigenvalue weighted by Gasteiger charge is 2.36. The second kappa shape index (κ2) is 4.23. The molecule has 1 saturated carbocycles. The molecule has 1 aliphatic carbocycles. The van der Waals surface area contributed by atoms with E-state index < -0.39 is 0 Å². The zero-order valence-electron chi connectivity index (χ0n) is 7.23. The van der Waals surface area contributed by atoms with Crippen molar-refractivity contribution < 1.29 is 9.53 Å². The molecular formula is C8H14BrNO2. The van der Waals surface area contributed by atoms with Crippen molar-refractivity contribution in [1.29, 1.82) is 0 Å². The van der Waals surface area contributed by atoms with Crippen LogP contribution in [0.15, 0.2) is 0 Å². The molecule has 0 aromatic heterocycles. The van der Waals surface area contributed by atoms with Crippen molar-refractivity contribution in [3.8, 4) is 0 Å². The van der Waals surface area contributed by atoms with Gasteiger partial charge in [-0.25, -0.2) is 0 Å². The zero-order valence-corrected chi connectivity index (χ0v) is 8.82. The number of nitrogens with one attached hydrogen (secondary N) is 1. The highest BCUT2D eigenvalue weighted by Crippen LogP contribution is 2.34. The fraction of sp³-hybridized carbons (Fsp3) is 0.875. The van der Waals surface area contributed by atoms with Crippen LogP contribution in [0, 0.1) is 0 Å². The molecule has 12 heavy (non-hydrogen) atoms. The summed E-state index contributed by atoms with van der Waals surface area (Å²) in [6.07, 6.45) is 3.33. The number of alkyl halides is 1. The lowest BCUT2D eigenvalue weighted by Gasteiger charge is -2.40. The van der Waals surface area contributed by atoms with E-state index >= 15 is 0 Å². The molecule has 3 nitrogen and oxygen atoms in total. The van der Waals surface area contributed by atoms with Crippen LogP contribution in [0.4, 0.5) is 0 Å². The van der Waals surface area contributed by atoms with Crippen LogP contribution in [0.25, 0.3) is 0 Å². The molecular weight excluding hydrogens is 222 g/mol. The maximum atomic E-state index is 10.9. The lowest BCUT2D eigenvalue weighted by atomic mass is 9.80. The molecule has 0 heterocycles. The van der Waals surface area contributed by atoms with E-state index in [2.05, 4.69) is 21.2 Å². The molecule has 0 radical (unpaired) electrons. The molecule has 0 unspecified atom stereocenters. The van der Waals surface area contributed by atoms with Crippen LogP contribution in [-0.2, 0) is 9.53 Å². The van der Waals surface area contributed by atoms with E-state index in [9.17, 15) is 4.79 Å². The van der Waals surface area contributed by atoms with Gasteiger partial charge in [0.05, 0.1) is 10.9 Å². The van der Waals surface area contributed by atoms with Crippen LogP contribution in [0.3, 0.4) is 0 Å². The number of methoxy groups -OCH3 is 1. The van der Waals surface area contributed by atoms with Crippen LogP contribution < -0.4 is 5.32 Å². The summed E-state index contributed by atoms with van der Waals surface area (Å²) in [5.41, 5.74) is -0.0577. The van der Waals surface area contributed by atoms with E-state index in [-0.39, 0.29) is 11.5 Å². The third-order valence-corrected chi connectivity index (χ3v) is 2.94. The van der Waals surface area contributed by atoms with Gasteiger partial charge in [-0.15, -0.1) is 0 Å². The maximum absolute atomic E-state index is 10.9. The topological polar surface area (TPSA) is 38.3 Å². The number of rotatable bonds is 4. The van der Waals surface area contributed by atoms with Crippen molar-refractivity contribution in [1.82, 2.24) is 5.32 Å². The van der Waals surface area contributed by atoms with E-state index in [4.69, 9.17) is 4.74 Å². The Bertz CT molecular complexity index is 163. The molecule has 1 fully saturated rings. The SMILES string of the molecule is COC1(CNC(=O)CBr)CCC1. The Labute approximate surface area is 81.0 Å². The van der Waals surface area contributed by atoms with Crippen LogP contribution in [0.2, 0.25) is 0 Å². The summed E-state index contributed by atoms with van der Waals surface area (Å²) in [5.74, 6) is 0.0262. The lowest BCUT2D eigenvalue weighted by molar-refractivity contribution is -0.122. The van der Waals surface area contributed by atoms with E-state index in [1.165, 1.54) is 6.42 Å². The second-order valence-corrected chi connectivity index (χ2v) is 3.71. The number of hydrogen-bond acceptors (Lipinski definition) is 2. The van der Waals surface area contributed by atoms with Crippen molar-refractivity contribution in [2.45, 2.75) is 24.9 Å². The highest BCUT2D eigenvalue weighted by molar-refractivity contribution is 9.09. The Morgan fingerprint density at radius 1 is 1.67 bits per heavy atom. The molecule has 4 heteroatoms. The number of halogens is 1. The van der Waals surface area contributed by atoms with Gasteiger partial charge in [-0.2, -0.15) is 0 Å². The van der Waals surface area contributed by atoms with Crippen molar-refractivity contribution in [2.24, 2.45) is 0 Å². The fourth-order valence-corrected chi connectivity index (χ4v) is 1.53. The van der Waals surface area contributed by atoms with E-state index in [1.807, 2.05) is 0 Å². The first-order chi connectivity index (χ1) is 5.72. The first-order valence-electron chi connectivity index (χ1n) is 4.10. The largest absolute Gasteiger partial charge is 0.376 e. The first kappa shape index (κ1) is 9.99. The summed E-state index contributed by atoms with van der Waals surface area (Å²) in [7, 11) is 1.71. The quantitative estimate of drug-likeness (QED) is 0.741. The molecule has 70 valence electrons. The lowest BCUT2D eigenvalue weighted by Crippen LogP contribution is -2.49. The number of carbonyl (C=O) groups excluding carboxylic acids is 1. The highest BCUT2D eigenvalue weighted by atomic mass is 79.9. The van der Waals surface area contributed by atoms with Gasteiger partial charge in [-0.1, -0.05) is 15.9 Å². The Hall–Kier alpha value is -0.0900. The van der Waals surface area contributed by atoms with Gasteiger partial charge in [0, 0.05) is 13.7 Å². The monoisotopic (exact) mass is 235 g/mol. The minimum absolute atomic E-state index is 0.0262. The smallest absolute Gasteiger partial charge is 0.230 e. The maximum Gasteiger partial charge on any atom is 0.230 e. The minimum atomic E-state index is -0.0577. The summed E-state index contributed by atoms with van der Waals surface area (Å²) in [6.45, 7) is 0.647. The summed E-state index contributed by atoms with van der Waals surface area (Å²) >= 11 is 3.09. The summed E-state index contributed by atoms with van der Waals surface area (Å²) < 4.78 is 5.34. The van der Waals surface area contributed by atoms with Gasteiger partial charge in [0.25, 0.3) is 0 Å². The molecule has 0 spiro atoms. The molecule has 0 bridgehead atoms. The number of hydrogen-bond donors (Lipinski definition) is 1. The first-order valence-corrected chi connectivity index (χ1v) is 5.22. The predicted octanol–water partition coefficient (Wildman–Crippen LogP) is 1.07. The van der Waals surface area contributed by atoms with E-state index in [1.54, 1.807) is 7.11 Å². The Morgan fingerprint density at radius 2 is 2.33 bits per heavy atom. The Kier molecular flexibility index (Phi) is 3.53. The Balaban J connectivity index is 2.24. The van der Waals surface area contributed by atoms with Gasteiger partial charge in [-0.3, -0.25) is 4.79 Å². The number of carbonyl (C=O) groups is 1. The van der Waals surface area contributed by atoms with Gasteiger partial charge >= 0.3 is 0 Å². The van der Waals surface area contributed by atoms with Crippen molar-refractivity contribution in [3.63, 3.8) is 0 Å². The summed E-state index contributed by atoms with van der Waals surface area (Å²) in [5, 5.41) is 3.18. The van der Waals surface area contributed by atoms with Gasteiger partial charge in [0.2, 0.25) is 5.91 Å². The van der Waals surface area contributed by atoms with Crippen LogP contribution >= 0.6 is 15.9 Å². The van der Waals surface area contributed by atoms with Gasteiger partial charge in [-0.05, 0) is 19.3 Å². The molecule has 0 aromatic carbocycles. The average molecular weight is 236 g/mol. The fourth-order valence-electron chi connectivity index (χ4n) is 1.33. The van der Waals surface area contributed by atoms with Gasteiger partial charge in [0.1, 0.15) is 0 Å². The standard InChI is InChI=1S/C8H14BrNO2/c1-12-8(3-2-4-8)6-10-7(11)5-9/h2-6H2,1H3,(H,10,11). The third kappa shape index (κ3) is 2.20.